The van der Waals surface area contributed by atoms with E-state index in [1.54, 1.807) is 12.4 Å². The largest absolute Gasteiger partial charge is 0.304 e. The summed E-state index contributed by atoms with van der Waals surface area (Å²) in [6, 6.07) is 5.99. The third-order valence-electron chi connectivity index (χ3n) is 1.54. The molecule has 1 N–H and O–H groups in total. The first kappa shape index (κ1) is 8.69. The lowest BCUT2D eigenvalue weighted by atomic mass is 10.2. The monoisotopic (exact) mass is 161 g/mol. The zero-order valence-corrected chi connectivity index (χ0v) is 6.83. The van der Waals surface area contributed by atoms with Crippen molar-refractivity contribution in [1.82, 2.24) is 10.3 Å². The molecular weight excluding hydrogens is 150 g/mol. The molecule has 0 aliphatic carbocycles. The molecule has 0 saturated heterocycles. The van der Waals surface area contributed by atoms with E-state index in [1.807, 2.05) is 18.2 Å². The van der Waals surface area contributed by atoms with E-state index in [9.17, 15) is 0 Å². The fraction of sp³-hybridized carbons (Fsp3) is 0.333. The third kappa shape index (κ3) is 3.13. The Morgan fingerprint density at radius 2 is 2.17 bits per heavy atom. The van der Waals surface area contributed by atoms with Gasteiger partial charge in [-0.15, -0.1) is 0 Å². The van der Waals surface area contributed by atoms with Crippen LogP contribution in [-0.4, -0.2) is 18.1 Å². The van der Waals surface area contributed by atoms with Gasteiger partial charge in [-0.3, -0.25) is 4.98 Å². The minimum atomic E-state index is 0.422. The molecule has 0 unspecified atom stereocenters. The van der Waals surface area contributed by atoms with Gasteiger partial charge in [-0.25, -0.2) is 0 Å². The van der Waals surface area contributed by atoms with Crippen LogP contribution in [-0.2, 0) is 6.42 Å². The molecule has 3 nitrogen and oxygen atoms in total. The summed E-state index contributed by atoms with van der Waals surface area (Å²) in [6.45, 7) is 1.27. The molecule has 0 radical (unpaired) electrons. The fourth-order valence-corrected chi connectivity index (χ4v) is 0.926. The van der Waals surface area contributed by atoms with Crippen LogP contribution in [0.3, 0.4) is 0 Å². The highest BCUT2D eigenvalue weighted by molar-refractivity contribution is 5.09. The Bertz CT molecular complexity index is 250. The second kappa shape index (κ2) is 5.28. The quantitative estimate of drug-likeness (QED) is 0.523. The summed E-state index contributed by atoms with van der Waals surface area (Å²) in [5.41, 5.74) is 1.25. The number of pyridine rings is 1. The summed E-state index contributed by atoms with van der Waals surface area (Å²) in [4.78, 5) is 3.92. The SMILES string of the molecule is N#CCNCCc1ccncc1. The Hall–Kier alpha value is -1.40. The molecule has 1 heterocycles. The first-order valence-electron chi connectivity index (χ1n) is 3.90. The average molecular weight is 161 g/mol. The molecule has 1 rings (SSSR count). The smallest absolute Gasteiger partial charge is 0.0841 e. The summed E-state index contributed by atoms with van der Waals surface area (Å²) in [5.74, 6) is 0. The van der Waals surface area contributed by atoms with E-state index in [4.69, 9.17) is 5.26 Å². The number of nitrogens with one attached hydrogen (secondary N) is 1. The standard InChI is InChI=1S/C9H11N3/c10-4-8-12-7-3-9-1-5-11-6-2-9/h1-2,5-6,12H,3,7-8H2. The van der Waals surface area contributed by atoms with Gasteiger partial charge in [0, 0.05) is 18.9 Å². The average Bonchev–Trinajstić information content (AvgIpc) is 2.14. The predicted octanol–water partition coefficient (Wildman–Crippen LogP) is 0.737. The summed E-state index contributed by atoms with van der Waals surface area (Å²) in [6.07, 6.45) is 4.50. The molecule has 0 fully saturated rings. The lowest BCUT2D eigenvalue weighted by Crippen LogP contribution is -2.17. The van der Waals surface area contributed by atoms with E-state index in [-0.39, 0.29) is 0 Å². The molecule has 0 aliphatic heterocycles. The van der Waals surface area contributed by atoms with Crippen molar-refractivity contribution < 1.29 is 0 Å². The van der Waals surface area contributed by atoms with E-state index >= 15 is 0 Å². The Labute approximate surface area is 72.1 Å². The van der Waals surface area contributed by atoms with Gasteiger partial charge in [0.25, 0.3) is 0 Å². The van der Waals surface area contributed by atoms with Crippen LogP contribution in [0.5, 0.6) is 0 Å². The first-order chi connectivity index (χ1) is 5.93. The van der Waals surface area contributed by atoms with Crippen molar-refractivity contribution in [1.29, 1.82) is 5.26 Å². The molecule has 0 saturated carbocycles. The highest BCUT2D eigenvalue weighted by Crippen LogP contribution is 1.95. The lowest BCUT2D eigenvalue weighted by Gasteiger charge is -1.99. The molecule has 1 aromatic heterocycles. The maximum atomic E-state index is 8.24. The molecule has 12 heavy (non-hydrogen) atoms. The highest BCUT2D eigenvalue weighted by atomic mass is 14.8. The van der Waals surface area contributed by atoms with Crippen molar-refractivity contribution in [3.8, 4) is 6.07 Å². The molecule has 1 aromatic rings. The van der Waals surface area contributed by atoms with Gasteiger partial charge in [0.05, 0.1) is 12.6 Å². The number of rotatable bonds is 4. The fourth-order valence-electron chi connectivity index (χ4n) is 0.926. The Morgan fingerprint density at radius 3 is 2.83 bits per heavy atom. The van der Waals surface area contributed by atoms with Gasteiger partial charge >= 0.3 is 0 Å². The van der Waals surface area contributed by atoms with Crippen LogP contribution >= 0.6 is 0 Å². The van der Waals surface area contributed by atoms with Gasteiger partial charge in [0.15, 0.2) is 0 Å². The first-order valence-corrected chi connectivity index (χ1v) is 3.90. The van der Waals surface area contributed by atoms with E-state index in [2.05, 4.69) is 10.3 Å². The molecule has 0 amide bonds. The second-order valence-electron chi connectivity index (χ2n) is 2.44. The minimum absolute atomic E-state index is 0.422. The highest BCUT2D eigenvalue weighted by Gasteiger charge is 1.89. The molecule has 0 aliphatic rings. The number of hydrogen-bond donors (Lipinski definition) is 1. The van der Waals surface area contributed by atoms with Crippen molar-refractivity contribution in [2.24, 2.45) is 0 Å². The normalized spacial score (nSPS) is 9.25. The predicted molar refractivity (Wildman–Crippen MR) is 46.4 cm³/mol. The second-order valence-corrected chi connectivity index (χ2v) is 2.44. The molecule has 0 bridgehead atoms. The minimum Gasteiger partial charge on any atom is -0.304 e. The maximum absolute atomic E-state index is 8.24. The zero-order valence-electron chi connectivity index (χ0n) is 6.83. The van der Waals surface area contributed by atoms with Crippen molar-refractivity contribution in [3.63, 3.8) is 0 Å². The zero-order chi connectivity index (χ0) is 8.65. The number of nitriles is 1. The molecule has 0 spiro atoms. The van der Waals surface area contributed by atoms with Crippen LogP contribution in [0.1, 0.15) is 5.56 Å². The third-order valence-corrected chi connectivity index (χ3v) is 1.54. The van der Waals surface area contributed by atoms with Gasteiger partial charge in [-0.05, 0) is 24.1 Å². The Balaban J connectivity index is 2.21. The molecule has 0 aromatic carbocycles. The van der Waals surface area contributed by atoms with Gasteiger partial charge in [-0.2, -0.15) is 5.26 Å². The van der Waals surface area contributed by atoms with E-state index in [1.165, 1.54) is 5.56 Å². The molecule has 0 atom stereocenters. The van der Waals surface area contributed by atoms with E-state index in [0.29, 0.717) is 6.54 Å². The van der Waals surface area contributed by atoms with Gasteiger partial charge < -0.3 is 5.32 Å². The number of nitrogens with zero attached hydrogens (tertiary/aromatic N) is 2. The van der Waals surface area contributed by atoms with Crippen molar-refractivity contribution >= 4 is 0 Å². The summed E-state index contributed by atoms with van der Waals surface area (Å²) >= 11 is 0. The van der Waals surface area contributed by atoms with Crippen LogP contribution in [0.4, 0.5) is 0 Å². The van der Waals surface area contributed by atoms with Crippen molar-refractivity contribution in [2.45, 2.75) is 6.42 Å². The van der Waals surface area contributed by atoms with Crippen molar-refractivity contribution in [2.75, 3.05) is 13.1 Å². The van der Waals surface area contributed by atoms with E-state index < -0.39 is 0 Å². The summed E-state index contributed by atoms with van der Waals surface area (Å²) in [7, 11) is 0. The van der Waals surface area contributed by atoms with Crippen LogP contribution in [0, 0.1) is 11.3 Å². The lowest BCUT2D eigenvalue weighted by molar-refractivity contribution is 0.749. The van der Waals surface area contributed by atoms with Crippen molar-refractivity contribution in [3.05, 3.63) is 30.1 Å². The number of hydrogen-bond acceptors (Lipinski definition) is 3. The van der Waals surface area contributed by atoms with Gasteiger partial charge in [0.1, 0.15) is 0 Å². The van der Waals surface area contributed by atoms with E-state index in [0.717, 1.165) is 13.0 Å². The maximum Gasteiger partial charge on any atom is 0.0841 e. The van der Waals surface area contributed by atoms with Gasteiger partial charge in [-0.1, -0.05) is 0 Å². The summed E-state index contributed by atoms with van der Waals surface area (Å²) < 4.78 is 0. The van der Waals surface area contributed by atoms with Crippen LogP contribution in [0.25, 0.3) is 0 Å². The Morgan fingerprint density at radius 1 is 1.42 bits per heavy atom. The van der Waals surface area contributed by atoms with Gasteiger partial charge in [0.2, 0.25) is 0 Å². The topological polar surface area (TPSA) is 48.7 Å². The molecular formula is C9H11N3. The van der Waals surface area contributed by atoms with Crippen LogP contribution in [0.2, 0.25) is 0 Å². The molecule has 62 valence electrons. The number of aromatic nitrogens is 1. The molecule has 3 heteroatoms. The Kier molecular flexibility index (Phi) is 3.82. The summed E-state index contributed by atoms with van der Waals surface area (Å²) in [5, 5.41) is 11.2. The van der Waals surface area contributed by atoms with Crippen LogP contribution in [0.15, 0.2) is 24.5 Å². The van der Waals surface area contributed by atoms with Crippen LogP contribution < -0.4 is 5.32 Å².